The maximum atomic E-state index is 6.29. The van der Waals surface area contributed by atoms with Crippen molar-refractivity contribution in [3.05, 3.63) is 34.9 Å². The summed E-state index contributed by atoms with van der Waals surface area (Å²) in [6.07, 6.45) is 7.54. The normalized spacial score (nSPS) is 22.2. The van der Waals surface area contributed by atoms with Gasteiger partial charge in [-0.2, -0.15) is 0 Å². The first kappa shape index (κ1) is 18.2. The molecule has 0 aromatic heterocycles. The highest BCUT2D eigenvalue weighted by molar-refractivity contribution is 6.31. The average Bonchev–Trinajstić information content (AvgIpc) is 2.57. The molecule has 1 aromatic carbocycles. The molecule has 1 N–H and O–H groups in total. The lowest BCUT2D eigenvalue weighted by atomic mass is 9.95. The van der Waals surface area contributed by atoms with E-state index in [2.05, 4.69) is 22.3 Å². The van der Waals surface area contributed by atoms with Gasteiger partial charge in [0.2, 0.25) is 0 Å². The van der Waals surface area contributed by atoms with Crippen molar-refractivity contribution in [2.45, 2.75) is 51.1 Å². The number of rotatable bonds is 5. The van der Waals surface area contributed by atoms with Crippen LogP contribution in [-0.2, 0) is 11.3 Å². The first-order chi connectivity index (χ1) is 11.8. The van der Waals surface area contributed by atoms with E-state index in [1.165, 1.54) is 63.7 Å². The lowest BCUT2D eigenvalue weighted by molar-refractivity contribution is 0.107. The molecule has 3 rings (SSSR count). The van der Waals surface area contributed by atoms with Crippen molar-refractivity contribution in [2.24, 2.45) is 5.92 Å². The summed E-state index contributed by atoms with van der Waals surface area (Å²) < 4.78 is 5.54. The second-order valence-electron chi connectivity index (χ2n) is 7.31. The number of piperidine rings is 1. The molecule has 2 aliphatic rings. The molecule has 3 nitrogen and oxygen atoms in total. The van der Waals surface area contributed by atoms with E-state index < -0.39 is 0 Å². The fourth-order valence-corrected chi connectivity index (χ4v) is 4.06. The second-order valence-corrected chi connectivity index (χ2v) is 7.72. The third-order valence-corrected chi connectivity index (χ3v) is 5.81. The van der Waals surface area contributed by atoms with Gasteiger partial charge in [0, 0.05) is 30.8 Å². The molecule has 2 saturated heterocycles. The Balaban J connectivity index is 1.36. The van der Waals surface area contributed by atoms with Crippen LogP contribution in [0, 0.1) is 5.92 Å². The third-order valence-electron chi connectivity index (χ3n) is 5.44. The summed E-state index contributed by atoms with van der Waals surface area (Å²) in [7, 11) is 0. The van der Waals surface area contributed by atoms with E-state index in [1.54, 1.807) is 0 Å². The molecule has 0 saturated carbocycles. The van der Waals surface area contributed by atoms with E-state index in [1.807, 2.05) is 12.1 Å². The number of nitrogens with one attached hydrogen (secondary N) is 1. The van der Waals surface area contributed by atoms with Crippen LogP contribution in [0.15, 0.2) is 24.3 Å². The molecule has 0 radical (unpaired) electrons. The molecule has 0 bridgehead atoms. The lowest BCUT2D eigenvalue weighted by Gasteiger charge is -2.33. The van der Waals surface area contributed by atoms with Crippen LogP contribution in [0.2, 0.25) is 5.02 Å². The van der Waals surface area contributed by atoms with Gasteiger partial charge in [-0.25, -0.2) is 0 Å². The summed E-state index contributed by atoms with van der Waals surface area (Å²) in [6.45, 7) is 6.44. The molecule has 0 aliphatic carbocycles. The van der Waals surface area contributed by atoms with Gasteiger partial charge in [-0.05, 0) is 75.7 Å². The molecule has 24 heavy (non-hydrogen) atoms. The van der Waals surface area contributed by atoms with Gasteiger partial charge >= 0.3 is 0 Å². The van der Waals surface area contributed by atoms with Crippen molar-refractivity contribution in [1.29, 1.82) is 0 Å². The zero-order chi connectivity index (χ0) is 16.6. The van der Waals surface area contributed by atoms with Crippen LogP contribution in [-0.4, -0.2) is 43.8 Å². The molecule has 0 amide bonds. The minimum Gasteiger partial charge on any atom is -0.381 e. The van der Waals surface area contributed by atoms with Gasteiger partial charge in [-0.3, -0.25) is 4.90 Å². The topological polar surface area (TPSA) is 24.5 Å². The fourth-order valence-electron chi connectivity index (χ4n) is 3.86. The molecule has 0 atom stereocenters. The second kappa shape index (κ2) is 9.76. The highest BCUT2D eigenvalue weighted by Crippen LogP contribution is 2.22. The van der Waals surface area contributed by atoms with Crippen molar-refractivity contribution >= 4 is 11.6 Å². The smallest absolute Gasteiger partial charge is 0.0466 e. The summed E-state index contributed by atoms with van der Waals surface area (Å²) in [5, 5.41) is 4.74. The Morgan fingerprint density at radius 1 is 1.04 bits per heavy atom. The van der Waals surface area contributed by atoms with Gasteiger partial charge in [0.1, 0.15) is 0 Å². The van der Waals surface area contributed by atoms with Crippen LogP contribution >= 0.6 is 11.6 Å². The number of likely N-dealkylation sites (tertiary alicyclic amines) is 1. The zero-order valence-corrected chi connectivity index (χ0v) is 15.4. The van der Waals surface area contributed by atoms with Gasteiger partial charge in [-0.15, -0.1) is 0 Å². The van der Waals surface area contributed by atoms with Crippen molar-refractivity contribution in [3.63, 3.8) is 0 Å². The molecule has 134 valence electrons. The minimum absolute atomic E-state index is 0.704. The molecule has 2 heterocycles. The van der Waals surface area contributed by atoms with Crippen molar-refractivity contribution in [3.8, 4) is 0 Å². The highest BCUT2D eigenvalue weighted by atomic mass is 35.5. The van der Waals surface area contributed by atoms with Crippen molar-refractivity contribution in [2.75, 3.05) is 32.8 Å². The highest BCUT2D eigenvalue weighted by Gasteiger charge is 2.21. The zero-order valence-electron chi connectivity index (χ0n) is 14.7. The Morgan fingerprint density at radius 3 is 2.46 bits per heavy atom. The van der Waals surface area contributed by atoms with Gasteiger partial charge < -0.3 is 10.1 Å². The number of hydrogen-bond acceptors (Lipinski definition) is 3. The van der Waals surface area contributed by atoms with E-state index in [9.17, 15) is 0 Å². The number of ether oxygens (including phenoxy) is 1. The largest absolute Gasteiger partial charge is 0.381 e. The Hall–Kier alpha value is -0.610. The Labute approximate surface area is 151 Å². The van der Waals surface area contributed by atoms with E-state index in [-0.39, 0.29) is 0 Å². The van der Waals surface area contributed by atoms with Crippen LogP contribution in [0.3, 0.4) is 0 Å². The maximum Gasteiger partial charge on any atom is 0.0466 e. The maximum absolute atomic E-state index is 6.29. The SMILES string of the molecule is Clc1ccccc1CN1CCC(CNC2CCCOCCC2)CC1. The molecular formula is C20H31ClN2O. The summed E-state index contributed by atoms with van der Waals surface area (Å²) in [5.41, 5.74) is 1.26. The molecular weight excluding hydrogens is 320 g/mol. The summed E-state index contributed by atoms with van der Waals surface area (Å²) in [6, 6.07) is 8.93. The van der Waals surface area contributed by atoms with Gasteiger partial charge in [0.25, 0.3) is 0 Å². The monoisotopic (exact) mass is 350 g/mol. The van der Waals surface area contributed by atoms with E-state index >= 15 is 0 Å². The Kier molecular flexibility index (Phi) is 7.40. The summed E-state index contributed by atoms with van der Waals surface area (Å²) in [4.78, 5) is 2.55. The fraction of sp³-hybridized carbons (Fsp3) is 0.700. The van der Waals surface area contributed by atoms with E-state index in [0.29, 0.717) is 6.04 Å². The van der Waals surface area contributed by atoms with Crippen LogP contribution in [0.1, 0.15) is 44.1 Å². The summed E-state index contributed by atoms with van der Waals surface area (Å²) >= 11 is 6.29. The van der Waals surface area contributed by atoms with Crippen LogP contribution in [0.25, 0.3) is 0 Å². The number of hydrogen-bond donors (Lipinski definition) is 1. The van der Waals surface area contributed by atoms with Crippen LogP contribution in [0.5, 0.6) is 0 Å². The molecule has 0 unspecified atom stereocenters. The molecule has 4 heteroatoms. The number of halogens is 1. The van der Waals surface area contributed by atoms with E-state index in [4.69, 9.17) is 16.3 Å². The Morgan fingerprint density at radius 2 is 1.75 bits per heavy atom. The van der Waals surface area contributed by atoms with Crippen LogP contribution in [0.4, 0.5) is 0 Å². The van der Waals surface area contributed by atoms with Crippen LogP contribution < -0.4 is 5.32 Å². The van der Waals surface area contributed by atoms with Gasteiger partial charge in [0.05, 0.1) is 0 Å². The molecule has 1 aromatic rings. The van der Waals surface area contributed by atoms with Crippen molar-refractivity contribution in [1.82, 2.24) is 10.2 Å². The average molecular weight is 351 g/mol. The van der Waals surface area contributed by atoms with E-state index in [0.717, 1.165) is 30.7 Å². The minimum atomic E-state index is 0.704. The number of nitrogens with zero attached hydrogens (tertiary/aromatic N) is 1. The quantitative estimate of drug-likeness (QED) is 0.865. The third kappa shape index (κ3) is 5.73. The molecule has 2 aliphatic heterocycles. The first-order valence-corrected chi connectivity index (χ1v) is 9.96. The Bertz CT molecular complexity index is 480. The first-order valence-electron chi connectivity index (χ1n) is 9.58. The van der Waals surface area contributed by atoms with Crippen molar-refractivity contribution < 1.29 is 4.74 Å². The standard InChI is InChI=1S/C20H31ClN2O/c21-20-8-2-1-5-18(20)16-23-11-9-17(10-12-23)15-22-19-6-3-13-24-14-4-7-19/h1-2,5,8,17,19,22H,3-4,6-7,9-16H2. The molecule has 2 fully saturated rings. The predicted octanol–water partition coefficient (Wildman–Crippen LogP) is 4.10. The number of benzene rings is 1. The van der Waals surface area contributed by atoms with Gasteiger partial charge in [0.15, 0.2) is 0 Å². The lowest BCUT2D eigenvalue weighted by Crippen LogP contribution is -2.40. The molecule has 0 spiro atoms. The van der Waals surface area contributed by atoms with Gasteiger partial charge in [-0.1, -0.05) is 29.8 Å². The predicted molar refractivity (Wildman–Crippen MR) is 101 cm³/mol. The summed E-state index contributed by atoms with van der Waals surface area (Å²) in [5.74, 6) is 0.828.